The van der Waals surface area contributed by atoms with E-state index in [1.807, 2.05) is 0 Å². The summed E-state index contributed by atoms with van der Waals surface area (Å²) in [5.41, 5.74) is 0. The molecule has 0 aliphatic heterocycles. The van der Waals surface area contributed by atoms with E-state index in [2.05, 4.69) is 9.99 Å². The summed E-state index contributed by atoms with van der Waals surface area (Å²) < 4.78 is 33.8. The predicted molar refractivity (Wildman–Crippen MR) is 29.8 cm³/mol. The summed E-state index contributed by atoms with van der Waals surface area (Å²) in [5, 5.41) is 3.40. The van der Waals surface area contributed by atoms with E-state index in [0.717, 1.165) is 6.21 Å². The predicted octanol–water partition coefficient (Wildman–Crippen LogP) is 1.24. The van der Waals surface area contributed by atoms with Gasteiger partial charge in [0.2, 0.25) is 0 Å². The minimum Gasteiger partial charge on any atom is -0.298 e. The molecule has 0 heterocycles. The zero-order chi connectivity index (χ0) is 8.91. The highest BCUT2D eigenvalue weighted by Gasteiger charge is 2.30. The van der Waals surface area contributed by atoms with E-state index in [-0.39, 0.29) is 0 Å². The topological polar surface area (TPSA) is 50.7 Å². The molecule has 1 amide bonds. The molecular formula is C4H5F3N2O2. The molecule has 0 atom stereocenters. The molecule has 0 spiro atoms. The molecular weight excluding hydrogens is 165 g/mol. The largest absolute Gasteiger partial charge is 0.487 e. The van der Waals surface area contributed by atoms with Gasteiger partial charge < -0.3 is 0 Å². The summed E-state index contributed by atoms with van der Waals surface area (Å²) in [5.74, 6) is 0. The minimum absolute atomic E-state index is 0.579. The molecule has 11 heavy (non-hydrogen) atoms. The summed E-state index contributed by atoms with van der Waals surface area (Å²) in [6.45, 7) is 1.39. The Labute approximate surface area is 60.0 Å². The standard InChI is InChI=1S/C4H5F3N2O2/c1-2-8-11-3(10)9-4(5,6)7/h2H,1H3,(H,9,10)/b8-2+. The Morgan fingerprint density at radius 1 is 1.64 bits per heavy atom. The number of nitrogens with one attached hydrogen (secondary N) is 1. The lowest BCUT2D eigenvalue weighted by Crippen LogP contribution is -2.36. The number of oxime groups is 1. The SMILES string of the molecule is C/C=N/OC(=O)NC(F)(F)F. The normalized spacial score (nSPS) is 11.6. The van der Waals surface area contributed by atoms with Crippen LogP contribution in [0.1, 0.15) is 6.92 Å². The molecule has 0 aromatic carbocycles. The van der Waals surface area contributed by atoms with Crippen LogP contribution in [0.15, 0.2) is 5.16 Å². The van der Waals surface area contributed by atoms with Crippen molar-refractivity contribution in [3.8, 4) is 0 Å². The average molecular weight is 170 g/mol. The van der Waals surface area contributed by atoms with Gasteiger partial charge in [-0.05, 0) is 6.92 Å². The molecule has 7 heteroatoms. The highest BCUT2D eigenvalue weighted by molar-refractivity contribution is 5.68. The fourth-order valence-electron chi connectivity index (χ4n) is 0.239. The van der Waals surface area contributed by atoms with Gasteiger partial charge in [-0.25, -0.2) is 10.1 Å². The molecule has 0 radical (unpaired) electrons. The maximum atomic E-state index is 11.3. The van der Waals surface area contributed by atoms with Gasteiger partial charge in [-0.3, -0.25) is 4.84 Å². The Hall–Kier alpha value is -1.27. The van der Waals surface area contributed by atoms with Crippen molar-refractivity contribution in [2.45, 2.75) is 13.2 Å². The first-order chi connectivity index (χ1) is 4.95. The molecule has 0 fully saturated rings. The average Bonchev–Trinajstić information content (AvgIpc) is 1.79. The van der Waals surface area contributed by atoms with Gasteiger partial charge in [0.05, 0.1) is 0 Å². The Morgan fingerprint density at radius 3 is 2.55 bits per heavy atom. The van der Waals surface area contributed by atoms with Crippen LogP contribution in [0, 0.1) is 0 Å². The number of nitrogens with zero attached hydrogens (tertiary/aromatic N) is 1. The monoisotopic (exact) mass is 170 g/mol. The maximum absolute atomic E-state index is 11.3. The second-order valence-corrected chi connectivity index (χ2v) is 1.37. The Morgan fingerprint density at radius 2 is 2.18 bits per heavy atom. The van der Waals surface area contributed by atoms with Gasteiger partial charge in [0.15, 0.2) is 0 Å². The van der Waals surface area contributed by atoms with Gasteiger partial charge in [0.1, 0.15) is 0 Å². The molecule has 1 N–H and O–H groups in total. The number of carbonyl (C=O) groups excluding carboxylic acids is 1. The molecule has 0 rings (SSSR count). The molecule has 0 unspecified atom stereocenters. The van der Waals surface area contributed by atoms with E-state index in [9.17, 15) is 18.0 Å². The van der Waals surface area contributed by atoms with Gasteiger partial charge in [-0.2, -0.15) is 13.2 Å². The molecule has 0 saturated carbocycles. The van der Waals surface area contributed by atoms with Crippen LogP contribution in [-0.4, -0.2) is 18.6 Å². The van der Waals surface area contributed by atoms with Crippen LogP contribution < -0.4 is 5.32 Å². The second kappa shape index (κ2) is 3.79. The van der Waals surface area contributed by atoms with Crippen molar-refractivity contribution in [3.05, 3.63) is 0 Å². The van der Waals surface area contributed by atoms with Crippen molar-refractivity contribution in [1.29, 1.82) is 0 Å². The van der Waals surface area contributed by atoms with Crippen molar-refractivity contribution in [3.63, 3.8) is 0 Å². The van der Waals surface area contributed by atoms with Gasteiger partial charge in [0, 0.05) is 6.21 Å². The summed E-state index contributed by atoms with van der Waals surface area (Å²) in [4.78, 5) is 13.7. The van der Waals surface area contributed by atoms with Crippen LogP contribution in [-0.2, 0) is 4.84 Å². The highest BCUT2D eigenvalue weighted by Crippen LogP contribution is 2.09. The number of carbonyl (C=O) groups is 1. The van der Waals surface area contributed by atoms with E-state index in [1.165, 1.54) is 6.92 Å². The zero-order valence-corrected chi connectivity index (χ0v) is 5.47. The lowest BCUT2D eigenvalue weighted by molar-refractivity contribution is -0.150. The third kappa shape index (κ3) is 6.62. The van der Waals surface area contributed by atoms with Crippen molar-refractivity contribution in [2.24, 2.45) is 5.16 Å². The van der Waals surface area contributed by atoms with Crippen molar-refractivity contribution < 1.29 is 22.8 Å². The Balaban J connectivity index is 3.70. The molecule has 0 aliphatic rings. The third-order valence-corrected chi connectivity index (χ3v) is 0.485. The van der Waals surface area contributed by atoms with E-state index >= 15 is 0 Å². The number of alkyl halides is 3. The maximum Gasteiger partial charge on any atom is 0.487 e. The minimum atomic E-state index is -4.78. The van der Waals surface area contributed by atoms with Crippen molar-refractivity contribution in [2.75, 3.05) is 0 Å². The molecule has 4 nitrogen and oxygen atoms in total. The first-order valence-corrected chi connectivity index (χ1v) is 2.49. The fourth-order valence-corrected chi connectivity index (χ4v) is 0.239. The van der Waals surface area contributed by atoms with Crippen LogP contribution in [0.5, 0.6) is 0 Å². The summed E-state index contributed by atoms with van der Waals surface area (Å²) in [6.07, 6.45) is -5.40. The number of rotatable bonds is 1. The third-order valence-electron chi connectivity index (χ3n) is 0.485. The fraction of sp³-hybridized carbons (Fsp3) is 0.500. The quantitative estimate of drug-likeness (QED) is 0.278. The summed E-state index contributed by atoms with van der Waals surface area (Å²) in [6, 6.07) is 0. The van der Waals surface area contributed by atoms with Crippen molar-refractivity contribution >= 4 is 12.3 Å². The van der Waals surface area contributed by atoms with E-state index in [4.69, 9.17) is 0 Å². The molecule has 0 aliphatic carbocycles. The molecule has 0 saturated heterocycles. The van der Waals surface area contributed by atoms with E-state index in [1.54, 1.807) is 0 Å². The van der Waals surface area contributed by atoms with Crippen LogP contribution in [0.25, 0.3) is 0 Å². The van der Waals surface area contributed by atoms with Crippen LogP contribution in [0.3, 0.4) is 0 Å². The summed E-state index contributed by atoms with van der Waals surface area (Å²) >= 11 is 0. The molecule has 64 valence electrons. The first-order valence-electron chi connectivity index (χ1n) is 2.49. The summed E-state index contributed by atoms with van der Waals surface area (Å²) in [7, 11) is 0. The van der Waals surface area contributed by atoms with Crippen LogP contribution in [0.4, 0.5) is 18.0 Å². The van der Waals surface area contributed by atoms with Gasteiger partial charge in [-0.15, -0.1) is 0 Å². The number of hydrogen-bond donors (Lipinski definition) is 1. The van der Waals surface area contributed by atoms with E-state index in [0.29, 0.717) is 5.32 Å². The van der Waals surface area contributed by atoms with Crippen LogP contribution >= 0.6 is 0 Å². The van der Waals surface area contributed by atoms with E-state index < -0.39 is 12.4 Å². The second-order valence-electron chi connectivity index (χ2n) is 1.37. The number of halogens is 3. The lowest BCUT2D eigenvalue weighted by atomic mass is 10.9. The molecule has 0 aromatic heterocycles. The Bertz CT molecular complexity index is 165. The lowest BCUT2D eigenvalue weighted by Gasteiger charge is -2.04. The van der Waals surface area contributed by atoms with Gasteiger partial charge in [-0.1, -0.05) is 5.16 Å². The molecule has 0 aromatic rings. The zero-order valence-electron chi connectivity index (χ0n) is 5.47. The number of amides is 1. The van der Waals surface area contributed by atoms with Gasteiger partial charge >= 0.3 is 12.4 Å². The highest BCUT2D eigenvalue weighted by atomic mass is 19.4. The molecule has 0 bridgehead atoms. The Kier molecular flexibility index (Phi) is 3.35. The van der Waals surface area contributed by atoms with Gasteiger partial charge in [0.25, 0.3) is 0 Å². The first kappa shape index (κ1) is 9.73. The van der Waals surface area contributed by atoms with Crippen molar-refractivity contribution in [1.82, 2.24) is 5.32 Å². The smallest absolute Gasteiger partial charge is 0.298 e. The number of hydrogen-bond acceptors (Lipinski definition) is 3. The van der Waals surface area contributed by atoms with Crippen LogP contribution in [0.2, 0.25) is 0 Å².